The van der Waals surface area contributed by atoms with Gasteiger partial charge in [0.15, 0.2) is 0 Å². The maximum Gasteiger partial charge on any atom is 0.259 e. The number of benzene rings is 3. The van der Waals surface area contributed by atoms with Gasteiger partial charge >= 0.3 is 0 Å². The molecule has 0 bridgehead atoms. The van der Waals surface area contributed by atoms with Gasteiger partial charge in [0.2, 0.25) is 5.91 Å². The SMILES string of the molecule is NC(=O)CNC(=O)c1ccc(NC(=O)c2ccccc2OCc2ccccc2Br)cc1. The molecule has 0 aliphatic rings. The van der Waals surface area contributed by atoms with Crippen LogP contribution in [0.15, 0.2) is 77.3 Å². The molecule has 0 aromatic heterocycles. The molecule has 0 saturated carbocycles. The van der Waals surface area contributed by atoms with E-state index in [4.69, 9.17) is 10.5 Å². The molecule has 3 rings (SSSR count). The van der Waals surface area contributed by atoms with E-state index in [1.54, 1.807) is 48.5 Å². The summed E-state index contributed by atoms with van der Waals surface area (Å²) < 4.78 is 6.81. The summed E-state index contributed by atoms with van der Waals surface area (Å²) in [7, 11) is 0. The first-order valence-electron chi connectivity index (χ1n) is 9.37. The number of hydrogen-bond acceptors (Lipinski definition) is 4. The monoisotopic (exact) mass is 481 g/mol. The Morgan fingerprint density at radius 1 is 0.871 bits per heavy atom. The molecule has 158 valence electrons. The van der Waals surface area contributed by atoms with Gasteiger partial charge in [0, 0.05) is 21.3 Å². The second-order valence-electron chi connectivity index (χ2n) is 6.56. The van der Waals surface area contributed by atoms with Crippen LogP contribution in [0, 0.1) is 0 Å². The van der Waals surface area contributed by atoms with Gasteiger partial charge in [0.05, 0.1) is 12.1 Å². The van der Waals surface area contributed by atoms with Crippen LogP contribution in [0.5, 0.6) is 5.75 Å². The van der Waals surface area contributed by atoms with Crippen LogP contribution in [0.25, 0.3) is 0 Å². The van der Waals surface area contributed by atoms with Crippen molar-refractivity contribution in [3.63, 3.8) is 0 Å². The summed E-state index contributed by atoms with van der Waals surface area (Å²) in [5.74, 6) is -0.938. The van der Waals surface area contributed by atoms with E-state index >= 15 is 0 Å². The lowest BCUT2D eigenvalue weighted by Gasteiger charge is -2.13. The van der Waals surface area contributed by atoms with Gasteiger partial charge in [0.25, 0.3) is 11.8 Å². The molecular formula is C23H20BrN3O4. The van der Waals surface area contributed by atoms with Crippen LogP contribution < -0.4 is 21.1 Å². The zero-order chi connectivity index (χ0) is 22.2. The molecule has 31 heavy (non-hydrogen) atoms. The molecule has 3 aromatic carbocycles. The van der Waals surface area contributed by atoms with Crippen molar-refractivity contribution in [2.45, 2.75) is 6.61 Å². The van der Waals surface area contributed by atoms with E-state index in [0.717, 1.165) is 10.0 Å². The molecule has 7 nitrogen and oxygen atoms in total. The minimum atomic E-state index is -0.627. The van der Waals surface area contributed by atoms with Crippen molar-refractivity contribution in [1.82, 2.24) is 5.32 Å². The Labute approximate surface area is 187 Å². The molecular weight excluding hydrogens is 462 g/mol. The maximum absolute atomic E-state index is 12.8. The van der Waals surface area contributed by atoms with Gasteiger partial charge in [0.1, 0.15) is 12.4 Å². The average molecular weight is 482 g/mol. The Kier molecular flexibility index (Phi) is 7.40. The first-order valence-corrected chi connectivity index (χ1v) is 10.2. The number of halogens is 1. The van der Waals surface area contributed by atoms with Gasteiger partial charge in [-0.3, -0.25) is 14.4 Å². The number of para-hydroxylation sites is 1. The second kappa shape index (κ2) is 10.4. The summed E-state index contributed by atoms with van der Waals surface area (Å²) in [6.07, 6.45) is 0. The van der Waals surface area contributed by atoms with Gasteiger partial charge in [-0.15, -0.1) is 0 Å². The summed E-state index contributed by atoms with van der Waals surface area (Å²) >= 11 is 3.48. The Bertz CT molecular complexity index is 1100. The molecule has 0 radical (unpaired) electrons. The molecule has 0 unspecified atom stereocenters. The maximum atomic E-state index is 12.8. The van der Waals surface area contributed by atoms with Gasteiger partial charge in [-0.2, -0.15) is 0 Å². The molecule has 0 saturated heterocycles. The van der Waals surface area contributed by atoms with Gasteiger partial charge in [-0.05, 0) is 42.5 Å². The summed E-state index contributed by atoms with van der Waals surface area (Å²) in [5, 5.41) is 5.19. The second-order valence-corrected chi connectivity index (χ2v) is 7.41. The van der Waals surface area contributed by atoms with Crippen LogP contribution in [-0.4, -0.2) is 24.3 Å². The van der Waals surface area contributed by atoms with E-state index < -0.39 is 11.8 Å². The van der Waals surface area contributed by atoms with Crippen molar-refractivity contribution in [2.75, 3.05) is 11.9 Å². The number of nitrogens with two attached hydrogens (primary N) is 1. The highest BCUT2D eigenvalue weighted by Gasteiger charge is 2.14. The quantitative estimate of drug-likeness (QED) is 0.457. The summed E-state index contributed by atoms with van der Waals surface area (Å²) in [6, 6.07) is 20.9. The topological polar surface area (TPSA) is 111 Å². The lowest BCUT2D eigenvalue weighted by Crippen LogP contribution is -2.33. The predicted molar refractivity (Wildman–Crippen MR) is 121 cm³/mol. The van der Waals surface area contributed by atoms with Crippen LogP contribution in [-0.2, 0) is 11.4 Å². The first-order chi connectivity index (χ1) is 14.9. The molecule has 4 N–H and O–H groups in total. The Hall–Kier alpha value is -3.65. The van der Waals surface area contributed by atoms with Crippen LogP contribution in [0.3, 0.4) is 0 Å². The number of hydrogen-bond donors (Lipinski definition) is 3. The fourth-order valence-corrected chi connectivity index (χ4v) is 3.12. The van der Waals surface area contributed by atoms with Crippen LogP contribution in [0.4, 0.5) is 5.69 Å². The lowest BCUT2D eigenvalue weighted by atomic mass is 10.1. The third-order valence-corrected chi connectivity index (χ3v) is 5.07. The number of carbonyl (C=O) groups is 3. The zero-order valence-corrected chi connectivity index (χ0v) is 18.0. The smallest absolute Gasteiger partial charge is 0.259 e. The molecule has 0 atom stereocenters. The summed E-state index contributed by atoms with van der Waals surface area (Å²) in [6.45, 7) is 0.0640. The fourth-order valence-electron chi connectivity index (χ4n) is 2.72. The third-order valence-electron chi connectivity index (χ3n) is 4.30. The van der Waals surface area contributed by atoms with E-state index in [0.29, 0.717) is 29.2 Å². The van der Waals surface area contributed by atoms with Crippen molar-refractivity contribution in [3.8, 4) is 5.75 Å². The van der Waals surface area contributed by atoms with E-state index in [9.17, 15) is 14.4 Å². The third kappa shape index (κ3) is 6.16. The van der Waals surface area contributed by atoms with Crippen molar-refractivity contribution in [3.05, 3.63) is 94.0 Å². The molecule has 3 aromatic rings. The number of nitrogens with one attached hydrogen (secondary N) is 2. The molecule has 0 spiro atoms. The number of primary amides is 1. The van der Waals surface area contributed by atoms with Gasteiger partial charge in [-0.25, -0.2) is 0 Å². The first kappa shape index (κ1) is 22.0. The molecule has 8 heteroatoms. The van der Waals surface area contributed by atoms with Gasteiger partial charge < -0.3 is 21.1 Å². The normalized spacial score (nSPS) is 10.2. The summed E-state index contributed by atoms with van der Waals surface area (Å²) in [5.41, 5.74) is 7.22. The summed E-state index contributed by atoms with van der Waals surface area (Å²) in [4.78, 5) is 35.5. The molecule has 0 heterocycles. The van der Waals surface area contributed by atoms with Crippen molar-refractivity contribution in [1.29, 1.82) is 0 Å². The number of rotatable bonds is 8. The Morgan fingerprint density at radius 3 is 2.26 bits per heavy atom. The van der Waals surface area contributed by atoms with E-state index in [1.165, 1.54) is 0 Å². The largest absolute Gasteiger partial charge is 0.488 e. The van der Waals surface area contributed by atoms with Crippen molar-refractivity contribution >= 4 is 39.3 Å². The predicted octanol–water partition coefficient (Wildman–Crippen LogP) is 3.50. The van der Waals surface area contributed by atoms with Crippen LogP contribution in [0.1, 0.15) is 26.3 Å². The van der Waals surface area contributed by atoms with Gasteiger partial charge in [-0.1, -0.05) is 46.3 Å². The molecule has 0 aliphatic heterocycles. The Balaban J connectivity index is 1.66. The number of amides is 3. The number of anilines is 1. The molecule has 3 amide bonds. The highest BCUT2D eigenvalue weighted by molar-refractivity contribution is 9.10. The standard InChI is InChI=1S/C23H20BrN3O4/c24-19-7-3-1-5-16(19)14-31-20-8-4-2-6-18(20)23(30)27-17-11-9-15(10-12-17)22(29)26-13-21(25)28/h1-12H,13-14H2,(H2,25,28)(H,26,29)(H,27,30). The van der Waals surface area contributed by atoms with Crippen molar-refractivity contribution in [2.24, 2.45) is 5.73 Å². The fraction of sp³-hybridized carbons (Fsp3) is 0.0870. The molecule has 0 fully saturated rings. The highest BCUT2D eigenvalue weighted by atomic mass is 79.9. The minimum Gasteiger partial charge on any atom is -0.488 e. The number of carbonyl (C=O) groups excluding carboxylic acids is 3. The van der Waals surface area contributed by atoms with E-state index in [-0.39, 0.29) is 12.5 Å². The van der Waals surface area contributed by atoms with E-state index in [2.05, 4.69) is 26.6 Å². The lowest BCUT2D eigenvalue weighted by molar-refractivity contribution is -0.117. The average Bonchev–Trinajstić information content (AvgIpc) is 2.77. The zero-order valence-electron chi connectivity index (χ0n) is 16.4. The number of ether oxygens (including phenoxy) is 1. The van der Waals surface area contributed by atoms with Crippen LogP contribution >= 0.6 is 15.9 Å². The minimum absolute atomic E-state index is 0.242. The highest BCUT2D eigenvalue weighted by Crippen LogP contribution is 2.23. The van der Waals surface area contributed by atoms with Crippen LogP contribution in [0.2, 0.25) is 0 Å². The van der Waals surface area contributed by atoms with E-state index in [1.807, 2.05) is 24.3 Å². The Morgan fingerprint density at radius 2 is 1.55 bits per heavy atom. The molecule has 0 aliphatic carbocycles. The van der Waals surface area contributed by atoms with Crippen molar-refractivity contribution < 1.29 is 19.1 Å².